The molecule has 2 aromatic carbocycles. The van der Waals surface area contributed by atoms with Gasteiger partial charge in [-0.1, -0.05) is 35.4 Å². The van der Waals surface area contributed by atoms with Gasteiger partial charge in [0.2, 0.25) is 0 Å². The molecule has 2 aromatic rings. The summed E-state index contributed by atoms with van der Waals surface area (Å²) in [7, 11) is 0. The van der Waals surface area contributed by atoms with Gasteiger partial charge in [0.05, 0.1) is 0 Å². The number of hydrogen-bond donors (Lipinski definition) is 2. The minimum atomic E-state index is -0.991. The van der Waals surface area contributed by atoms with Gasteiger partial charge < -0.3 is 10.4 Å². The Morgan fingerprint density at radius 2 is 1.89 bits per heavy atom. The number of anilines is 1. The molecule has 2 nitrogen and oxygen atoms in total. The van der Waals surface area contributed by atoms with Crippen molar-refractivity contribution in [3.05, 3.63) is 64.4 Å². The number of hydrogen-bond acceptors (Lipinski definition) is 2. The zero-order valence-electron chi connectivity index (χ0n) is 10.5. The van der Waals surface area contributed by atoms with Crippen molar-refractivity contribution in [2.24, 2.45) is 0 Å². The van der Waals surface area contributed by atoms with Gasteiger partial charge in [0.15, 0.2) is 0 Å². The highest BCUT2D eigenvalue weighted by Gasteiger charge is 2.16. The lowest BCUT2D eigenvalue weighted by atomic mass is 10.1. The van der Waals surface area contributed by atoms with Gasteiger partial charge in [-0.2, -0.15) is 0 Å². The number of aryl methyl sites for hydroxylation is 1. The molecular formula is C15H15ClFNO. The molecule has 0 saturated heterocycles. The first-order chi connectivity index (χ1) is 9.08. The standard InChI is InChI=1S/C15H15ClFNO/c1-10-5-7-11(8-6-10)18-9-14(19)15-12(16)3-2-4-13(15)17/h2-8,14,18-19H,9H2,1H3. The molecule has 19 heavy (non-hydrogen) atoms. The highest BCUT2D eigenvalue weighted by atomic mass is 35.5. The Morgan fingerprint density at radius 1 is 1.21 bits per heavy atom. The van der Waals surface area contributed by atoms with Crippen molar-refractivity contribution < 1.29 is 9.50 Å². The number of aliphatic hydroxyl groups is 1. The van der Waals surface area contributed by atoms with E-state index >= 15 is 0 Å². The summed E-state index contributed by atoms with van der Waals surface area (Å²) in [6.45, 7) is 2.20. The van der Waals surface area contributed by atoms with Crippen LogP contribution in [0.1, 0.15) is 17.2 Å². The van der Waals surface area contributed by atoms with E-state index in [1.165, 1.54) is 12.1 Å². The Kier molecular flexibility index (Phi) is 4.40. The number of rotatable bonds is 4. The van der Waals surface area contributed by atoms with Crippen LogP contribution < -0.4 is 5.32 Å². The second kappa shape index (κ2) is 6.04. The van der Waals surface area contributed by atoms with E-state index in [9.17, 15) is 9.50 Å². The molecule has 0 fully saturated rings. The van der Waals surface area contributed by atoms with Gasteiger partial charge >= 0.3 is 0 Å². The molecule has 2 N–H and O–H groups in total. The van der Waals surface area contributed by atoms with Crippen LogP contribution in [0.5, 0.6) is 0 Å². The van der Waals surface area contributed by atoms with E-state index in [4.69, 9.17) is 11.6 Å². The third-order valence-corrected chi connectivity index (χ3v) is 3.21. The molecule has 0 amide bonds. The zero-order chi connectivity index (χ0) is 13.8. The summed E-state index contributed by atoms with van der Waals surface area (Å²) in [5, 5.41) is 13.3. The Labute approximate surface area is 116 Å². The molecule has 0 radical (unpaired) electrons. The maximum atomic E-state index is 13.6. The molecule has 0 aromatic heterocycles. The topological polar surface area (TPSA) is 32.3 Å². The molecule has 1 atom stereocenters. The summed E-state index contributed by atoms with van der Waals surface area (Å²) >= 11 is 5.90. The van der Waals surface area contributed by atoms with E-state index in [0.717, 1.165) is 11.3 Å². The van der Waals surface area contributed by atoms with E-state index in [0.29, 0.717) is 0 Å². The largest absolute Gasteiger partial charge is 0.386 e. The van der Waals surface area contributed by atoms with E-state index in [1.807, 2.05) is 31.2 Å². The van der Waals surface area contributed by atoms with Gasteiger partial charge in [0.1, 0.15) is 11.9 Å². The second-order valence-electron chi connectivity index (χ2n) is 4.40. The Bertz CT molecular complexity index is 536. The van der Waals surface area contributed by atoms with Crippen molar-refractivity contribution in [1.29, 1.82) is 0 Å². The van der Waals surface area contributed by atoms with Gasteiger partial charge in [-0.25, -0.2) is 4.39 Å². The average Bonchev–Trinajstić information content (AvgIpc) is 2.38. The highest BCUT2D eigenvalue weighted by Crippen LogP contribution is 2.26. The lowest BCUT2D eigenvalue weighted by Crippen LogP contribution is -2.14. The maximum Gasteiger partial charge on any atom is 0.130 e. The van der Waals surface area contributed by atoms with Gasteiger partial charge in [0, 0.05) is 22.8 Å². The normalized spacial score (nSPS) is 12.2. The second-order valence-corrected chi connectivity index (χ2v) is 4.81. The SMILES string of the molecule is Cc1ccc(NCC(O)c2c(F)cccc2Cl)cc1. The predicted octanol–water partition coefficient (Wildman–Crippen LogP) is 3.93. The van der Waals surface area contributed by atoms with E-state index in [-0.39, 0.29) is 17.1 Å². The van der Waals surface area contributed by atoms with Crippen molar-refractivity contribution in [3.8, 4) is 0 Å². The highest BCUT2D eigenvalue weighted by molar-refractivity contribution is 6.31. The summed E-state index contributed by atoms with van der Waals surface area (Å²) in [5.41, 5.74) is 2.16. The Morgan fingerprint density at radius 3 is 2.53 bits per heavy atom. The number of nitrogens with one attached hydrogen (secondary N) is 1. The van der Waals surface area contributed by atoms with Crippen LogP contribution in [0.2, 0.25) is 5.02 Å². The van der Waals surface area contributed by atoms with Crippen LogP contribution in [0.25, 0.3) is 0 Å². The number of benzene rings is 2. The van der Waals surface area contributed by atoms with Gasteiger partial charge in [-0.05, 0) is 31.2 Å². The fourth-order valence-electron chi connectivity index (χ4n) is 1.82. The van der Waals surface area contributed by atoms with Crippen molar-refractivity contribution in [2.45, 2.75) is 13.0 Å². The number of aliphatic hydroxyl groups excluding tert-OH is 1. The van der Waals surface area contributed by atoms with Crippen molar-refractivity contribution in [1.82, 2.24) is 0 Å². The average molecular weight is 280 g/mol. The minimum absolute atomic E-state index is 0.128. The lowest BCUT2D eigenvalue weighted by molar-refractivity contribution is 0.187. The van der Waals surface area contributed by atoms with E-state index < -0.39 is 11.9 Å². The van der Waals surface area contributed by atoms with Crippen LogP contribution in [-0.2, 0) is 0 Å². The fraction of sp³-hybridized carbons (Fsp3) is 0.200. The maximum absolute atomic E-state index is 13.6. The summed E-state index contributed by atoms with van der Waals surface area (Å²) < 4.78 is 13.6. The third-order valence-electron chi connectivity index (χ3n) is 2.88. The molecule has 0 spiro atoms. The van der Waals surface area contributed by atoms with Crippen molar-refractivity contribution >= 4 is 17.3 Å². The summed E-state index contributed by atoms with van der Waals surface area (Å²) in [6, 6.07) is 12.1. The number of halogens is 2. The van der Waals surface area contributed by atoms with Gasteiger partial charge in [-0.3, -0.25) is 0 Å². The molecular weight excluding hydrogens is 265 g/mol. The Hall–Kier alpha value is -1.58. The summed E-state index contributed by atoms with van der Waals surface area (Å²) in [5.74, 6) is -0.495. The Balaban J connectivity index is 2.05. The monoisotopic (exact) mass is 279 g/mol. The van der Waals surface area contributed by atoms with Crippen LogP contribution in [0, 0.1) is 12.7 Å². The minimum Gasteiger partial charge on any atom is -0.386 e. The molecule has 0 heterocycles. The first-order valence-corrected chi connectivity index (χ1v) is 6.38. The van der Waals surface area contributed by atoms with Crippen LogP contribution in [0.3, 0.4) is 0 Å². The lowest BCUT2D eigenvalue weighted by Gasteiger charge is -2.15. The first-order valence-electron chi connectivity index (χ1n) is 6.00. The molecule has 100 valence electrons. The van der Waals surface area contributed by atoms with Crippen LogP contribution in [0.15, 0.2) is 42.5 Å². The van der Waals surface area contributed by atoms with Crippen LogP contribution in [-0.4, -0.2) is 11.7 Å². The van der Waals surface area contributed by atoms with Crippen LogP contribution in [0.4, 0.5) is 10.1 Å². The predicted molar refractivity (Wildman–Crippen MR) is 76.0 cm³/mol. The van der Waals surface area contributed by atoms with E-state index in [2.05, 4.69) is 5.32 Å². The fourth-order valence-corrected chi connectivity index (χ4v) is 2.11. The molecule has 1 unspecified atom stereocenters. The zero-order valence-corrected chi connectivity index (χ0v) is 11.3. The molecule has 4 heteroatoms. The smallest absolute Gasteiger partial charge is 0.130 e. The summed E-state index contributed by atoms with van der Waals surface area (Å²) in [6.07, 6.45) is -0.991. The molecule has 0 aliphatic heterocycles. The molecule has 0 aliphatic carbocycles. The molecule has 0 bridgehead atoms. The van der Waals surface area contributed by atoms with Gasteiger partial charge in [0.25, 0.3) is 0 Å². The quantitative estimate of drug-likeness (QED) is 0.889. The summed E-state index contributed by atoms with van der Waals surface area (Å²) in [4.78, 5) is 0. The first kappa shape index (κ1) is 13.8. The molecule has 2 rings (SSSR count). The molecule has 0 saturated carbocycles. The third kappa shape index (κ3) is 3.46. The van der Waals surface area contributed by atoms with Crippen molar-refractivity contribution in [3.63, 3.8) is 0 Å². The van der Waals surface area contributed by atoms with Gasteiger partial charge in [-0.15, -0.1) is 0 Å². The van der Waals surface area contributed by atoms with E-state index in [1.54, 1.807) is 6.07 Å². The van der Waals surface area contributed by atoms with Crippen LogP contribution >= 0.6 is 11.6 Å². The molecule has 0 aliphatic rings. The van der Waals surface area contributed by atoms with Crippen molar-refractivity contribution in [2.75, 3.05) is 11.9 Å².